The van der Waals surface area contributed by atoms with Crippen LogP contribution in [0.4, 0.5) is 0 Å². The summed E-state index contributed by atoms with van der Waals surface area (Å²) in [5.41, 5.74) is 11.7. The number of carboxylic acid groups (broad SMARTS) is 2. The highest BCUT2D eigenvalue weighted by Gasteiger charge is 2.42. The van der Waals surface area contributed by atoms with E-state index in [9.17, 15) is 83.1 Å². The number of aliphatic carboxylic acids is 2. The van der Waals surface area contributed by atoms with Crippen LogP contribution in [0.15, 0.2) is 30.3 Å². The number of hydrogen-bond donors (Lipinski definition) is 15. The predicted molar refractivity (Wildman–Crippen MR) is 276 cm³/mol. The summed E-state index contributed by atoms with van der Waals surface area (Å²) in [7, 11) is 0. The lowest BCUT2D eigenvalue weighted by atomic mass is 9.97. The lowest BCUT2D eigenvalue weighted by molar-refractivity contribution is -0.144. The van der Waals surface area contributed by atoms with Gasteiger partial charge in [-0.3, -0.25) is 52.7 Å². The van der Waals surface area contributed by atoms with Crippen LogP contribution < -0.4 is 54.0 Å². The molecule has 0 bridgehead atoms. The normalized spacial score (nSPS) is 17.9. The van der Waals surface area contributed by atoms with Crippen molar-refractivity contribution < 1.29 is 83.1 Å². The van der Waals surface area contributed by atoms with Crippen LogP contribution in [0.2, 0.25) is 0 Å². The number of hydrogen-bond acceptors (Lipinski definition) is 16. The van der Waals surface area contributed by atoms with Crippen molar-refractivity contribution in [2.24, 2.45) is 29.2 Å². The number of benzene rings is 1. The maximum atomic E-state index is 14.4. The highest BCUT2D eigenvalue weighted by atomic mass is 16.4. The van der Waals surface area contributed by atoms with E-state index in [1.807, 2.05) is 0 Å². The lowest BCUT2D eigenvalue weighted by Gasteiger charge is -2.32. The van der Waals surface area contributed by atoms with Crippen LogP contribution in [0.1, 0.15) is 99.5 Å². The second kappa shape index (κ2) is 31.8. The molecule has 0 unspecified atom stereocenters. The molecule has 10 amide bonds. The maximum absolute atomic E-state index is 14.4. The molecule has 13 atom stereocenters. The molecule has 436 valence electrons. The fraction of sp³-hybridized carbons (Fsp3) is 0.640. The van der Waals surface area contributed by atoms with Crippen LogP contribution in [0.3, 0.4) is 0 Å². The summed E-state index contributed by atoms with van der Waals surface area (Å²) in [4.78, 5) is 160. The molecule has 1 fully saturated rings. The number of likely N-dealkylation sites (tertiary alicyclic amines) is 1. The molecular weight excluding hydrogens is 1030 g/mol. The topological polar surface area (TPSA) is 458 Å². The smallest absolute Gasteiger partial charge is 0.326 e. The van der Waals surface area contributed by atoms with Gasteiger partial charge >= 0.3 is 11.9 Å². The number of primary amides is 1. The number of carboxylic acids is 2. The van der Waals surface area contributed by atoms with Crippen molar-refractivity contribution in [2.75, 3.05) is 13.2 Å². The van der Waals surface area contributed by atoms with E-state index < -0.39 is 187 Å². The van der Waals surface area contributed by atoms with Crippen LogP contribution in [-0.2, 0) is 64.0 Å². The van der Waals surface area contributed by atoms with Crippen LogP contribution in [-0.4, -0.2) is 187 Å². The van der Waals surface area contributed by atoms with E-state index in [1.54, 1.807) is 71.9 Å². The van der Waals surface area contributed by atoms with Crippen LogP contribution in [0.5, 0.6) is 0 Å². The molecule has 1 heterocycles. The summed E-state index contributed by atoms with van der Waals surface area (Å²) >= 11 is 0. The number of carbonyl (C=O) groups excluding carboxylic acids is 10. The average molecular weight is 1110 g/mol. The van der Waals surface area contributed by atoms with Crippen molar-refractivity contribution in [3.8, 4) is 0 Å². The summed E-state index contributed by atoms with van der Waals surface area (Å²) in [6.07, 6.45) is -4.60. The zero-order valence-electron chi connectivity index (χ0n) is 45.1. The quantitative estimate of drug-likeness (QED) is 0.0323. The van der Waals surface area contributed by atoms with Crippen molar-refractivity contribution in [3.05, 3.63) is 35.9 Å². The monoisotopic (exact) mass is 1110 g/mol. The van der Waals surface area contributed by atoms with E-state index in [0.717, 1.165) is 6.92 Å². The molecule has 1 aromatic rings. The highest BCUT2D eigenvalue weighted by Crippen LogP contribution is 2.22. The molecule has 17 N–H and O–H groups in total. The Labute approximate surface area is 451 Å². The van der Waals surface area contributed by atoms with Crippen molar-refractivity contribution in [1.82, 2.24) is 47.4 Å². The summed E-state index contributed by atoms with van der Waals surface area (Å²) in [5, 5.41) is 68.8. The molecule has 1 aliphatic rings. The van der Waals surface area contributed by atoms with Gasteiger partial charge in [0, 0.05) is 19.4 Å². The first kappa shape index (κ1) is 66.8. The largest absolute Gasteiger partial charge is 0.481 e. The number of nitrogens with zero attached hydrogens (tertiary/aromatic N) is 1. The minimum Gasteiger partial charge on any atom is -0.481 e. The molecule has 0 saturated carbocycles. The summed E-state index contributed by atoms with van der Waals surface area (Å²) in [6.45, 7) is 10.9. The van der Waals surface area contributed by atoms with Gasteiger partial charge in [-0.05, 0) is 56.4 Å². The standard InChI is InChI=1S/C50H79N11O17/c1-9-25(6)39(59-46(73)36(52)26(7)63)47(74)60-40(27(8)64)48(75)55-31(21-35(66)67)43(70)53-29(17-18-34(51)65)41(68)57-37(23(2)3)49(76)61-19-13-16-33(61)45(72)54-30(20-28-14-11-10-12-15-28)42(69)56-32(22-62)44(71)58-38(24(4)5)50(77)78/h10-12,14-15,23-27,29-33,36-40,62-64H,9,13,16-22,52H2,1-8H3,(H2,51,65)(H,53,70)(H,54,72)(H,55,75)(H,56,69)(H,57,68)(H,58,71)(H,59,73)(H,60,74)(H,66,67)(H,77,78)/t25-,26+,27+,29-,30-,31-,32-,33-,36-,37-,38-,39-,40-/m0/s1. The number of nitrogens with one attached hydrogen (secondary N) is 8. The minimum atomic E-state index is -2.01. The lowest BCUT2D eigenvalue weighted by Crippen LogP contribution is -2.63. The van der Waals surface area contributed by atoms with E-state index in [2.05, 4.69) is 42.5 Å². The maximum Gasteiger partial charge on any atom is 0.326 e. The number of amides is 10. The van der Waals surface area contributed by atoms with Crippen molar-refractivity contribution in [2.45, 2.75) is 173 Å². The molecule has 0 aromatic heterocycles. The molecular formula is C50H79N11O17. The Morgan fingerprint density at radius 2 is 1.12 bits per heavy atom. The van der Waals surface area contributed by atoms with Gasteiger partial charge in [-0.25, -0.2) is 4.79 Å². The first-order valence-corrected chi connectivity index (χ1v) is 25.7. The van der Waals surface area contributed by atoms with E-state index in [1.165, 1.54) is 11.8 Å². The molecule has 28 heteroatoms. The van der Waals surface area contributed by atoms with Gasteiger partial charge in [0.15, 0.2) is 0 Å². The summed E-state index contributed by atoms with van der Waals surface area (Å²) in [5.74, 6) is -14.8. The number of aliphatic hydroxyl groups excluding tert-OH is 3. The van der Waals surface area contributed by atoms with Gasteiger partial charge in [0.1, 0.15) is 60.4 Å². The molecule has 2 rings (SSSR count). The number of carbonyl (C=O) groups is 12. The third-order valence-corrected chi connectivity index (χ3v) is 13.0. The van der Waals surface area contributed by atoms with Crippen LogP contribution in [0.25, 0.3) is 0 Å². The zero-order valence-corrected chi connectivity index (χ0v) is 45.1. The number of rotatable bonds is 32. The van der Waals surface area contributed by atoms with Gasteiger partial charge in [0.25, 0.3) is 0 Å². The van der Waals surface area contributed by atoms with Gasteiger partial charge < -0.3 is 84.4 Å². The summed E-state index contributed by atoms with van der Waals surface area (Å²) in [6, 6.07) is -7.06. The second-order valence-electron chi connectivity index (χ2n) is 20.1. The molecule has 0 aliphatic carbocycles. The van der Waals surface area contributed by atoms with Gasteiger partial charge in [-0.2, -0.15) is 0 Å². The Kier molecular flexibility index (Phi) is 27.2. The fourth-order valence-electron chi connectivity index (χ4n) is 8.10. The van der Waals surface area contributed by atoms with Gasteiger partial charge in [-0.15, -0.1) is 0 Å². The van der Waals surface area contributed by atoms with Crippen LogP contribution in [0, 0.1) is 17.8 Å². The minimum absolute atomic E-state index is 0.00466. The Balaban J connectivity index is 2.40. The van der Waals surface area contributed by atoms with Crippen molar-refractivity contribution in [3.63, 3.8) is 0 Å². The van der Waals surface area contributed by atoms with E-state index in [-0.39, 0.29) is 25.8 Å². The second-order valence-corrected chi connectivity index (χ2v) is 20.1. The van der Waals surface area contributed by atoms with Crippen molar-refractivity contribution in [1.29, 1.82) is 0 Å². The van der Waals surface area contributed by atoms with E-state index in [4.69, 9.17) is 11.5 Å². The third kappa shape index (κ3) is 20.6. The molecule has 28 nitrogen and oxygen atoms in total. The average Bonchev–Trinajstić information content (AvgIpc) is 3.87. The van der Waals surface area contributed by atoms with Gasteiger partial charge in [-0.1, -0.05) is 78.3 Å². The highest BCUT2D eigenvalue weighted by molar-refractivity contribution is 5.99. The Hall–Kier alpha value is -7.30. The van der Waals surface area contributed by atoms with E-state index in [0.29, 0.717) is 12.0 Å². The summed E-state index contributed by atoms with van der Waals surface area (Å²) < 4.78 is 0. The molecule has 0 spiro atoms. The van der Waals surface area contributed by atoms with Gasteiger partial charge in [0.05, 0.1) is 25.2 Å². The Morgan fingerprint density at radius 3 is 1.63 bits per heavy atom. The first-order chi connectivity index (χ1) is 36.4. The Morgan fingerprint density at radius 1 is 0.615 bits per heavy atom. The SMILES string of the molecule is CC[C@H](C)[C@H](NC(=O)[C@@H](N)[C@@H](C)O)C(=O)N[C@H](C(=O)N[C@@H](CC(=O)O)C(=O)N[C@@H](CCC(N)=O)C(=O)N[C@H](C(=O)N1CCC[C@H]1C(=O)N[C@@H](Cc1ccccc1)C(=O)N[C@@H](CO)C(=O)N[C@H](C(=O)O)C(C)C)C(C)C)[C@@H](C)O. The molecule has 1 aliphatic heterocycles. The van der Waals surface area contributed by atoms with E-state index >= 15 is 0 Å². The van der Waals surface area contributed by atoms with Crippen molar-refractivity contribution >= 4 is 71.0 Å². The molecule has 1 saturated heterocycles. The molecule has 1 aromatic carbocycles. The molecule has 0 radical (unpaired) electrons. The first-order valence-electron chi connectivity index (χ1n) is 25.7. The van der Waals surface area contributed by atoms with Gasteiger partial charge in [0.2, 0.25) is 59.1 Å². The van der Waals surface area contributed by atoms with Crippen LogP contribution >= 0.6 is 0 Å². The predicted octanol–water partition coefficient (Wildman–Crippen LogP) is -4.64. The number of nitrogens with two attached hydrogens (primary N) is 2. The third-order valence-electron chi connectivity index (χ3n) is 13.0. The fourth-order valence-corrected chi connectivity index (χ4v) is 8.10. The zero-order chi connectivity index (χ0) is 59.3. The number of aliphatic hydroxyl groups is 3. The molecule has 78 heavy (non-hydrogen) atoms. The Bertz CT molecular complexity index is 2280.